The van der Waals surface area contributed by atoms with E-state index in [4.69, 9.17) is 4.74 Å². The molecule has 4 rings (SSSR count). The maximum Gasteiger partial charge on any atom is 0.428 e. The Bertz CT molecular complexity index is 637. The van der Waals surface area contributed by atoms with Crippen molar-refractivity contribution in [1.82, 2.24) is 0 Å². The monoisotopic (exact) mass is 367 g/mol. The van der Waals surface area contributed by atoms with E-state index in [9.17, 15) is 31.7 Å². The Morgan fingerprint density at radius 2 is 1.71 bits per heavy atom. The van der Waals surface area contributed by atoms with Gasteiger partial charge in [-0.3, -0.25) is 0 Å². The van der Waals surface area contributed by atoms with Crippen molar-refractivity contribution in [3.8, 4) is 0 Å². The zero-order valence-electron chi connectivity index (χ0n) is 13.5. The van der Waals surface area contributed by atoms with E-state index in [1.165, 1.54) is 0 Å². The highest BCUT2D eigenvalue weighted by molar-refractivity contribution is 7.87. The third-order valence-electron chi connectivity index (χ3n) is 6.28. The molecule has 0 amide bonds. The molecule has 0 radical (unpaired) electrons. The molecule has 4 fully saturated rings. The second-order valence-electron chi connectivity index (χ2n) is 8.15. The number of alkyl halides is 2. The zero-order valence-corrected chi connectivity index (χ0v) is 14.3. The summed E-state index contributed by atoms with van der Waals surface area (Å²) in [5, 5.41) is 5.46. The van der Waals surface area contributed by atoms with Crippen LogP contribution in [-0.2, 0) is 19.6 Å². The second kappa shape index (κ2) is 5.11. The van der Waals surface area contributed by atoms with Crippen molar-refractivity contribution in [2.75, 3.05) is 0 Å². The molecule has 4 aliphatic carbocycles. The molecule has 4 aliphatic rings. The van der Waals surface area contributed by atoms with Gasteiger partial charge in [0.15, 0.2) is 10.1 Å². The van der Waals surface area contributed by atoms with E-state index < -0.39 is 33.0 Å². The van der Waals surface area contributed by atoms with Crippen LogP contribution in [0.4, 0.5) is 8.78 Å². The Balaban J connectivity index is 1.81. The Hall–Kier alpha value is -0.800. The van der Waals surface area contributed by atoms with Crippen molar-refractivity contribution in [2.24, 2.45) is 23.2 Å². The van der Waals surface area contributed by atoms with E-state index in [1.54, 1.807) is 13.8 Å². The van der Waals surface area contributed by atoms with Crippen molar-refractivity contribution in [3.63, 3.8) is 0 Å². The van der Waals surface area contributed by atoms with Gasteiger partial charge >= 0.3 is 11.2 Å². The summed E-state index contributed by atoms with van der Waals surface area (Å²) in [7, 11) is -6.11. The molecule has 2 unspecified atom stereocenters. The fourth-order valence-corrected chi connectivity index (χ4v) is 5.47. The van der Waals surface area contributed by atoms with Crippen LogP contribution in [0.3, 0.4) is 0 Å². The molecule has 4 bridgehead atoms. The minimum absolute atomic E-state index is 0.197. The minimum atomic E-state index is -6.11. The number of aliphatic hydroxyl groups is 1. The first-order valence-electron chi connectivity index (χ1n) is 8.03. The summed E-state index contributed by atoms with van der Waals surface area (Å²) in [5.74, 6) is -2.34. The molecule has 0 heterocycles. The van der Waals surface area contributed by atoms with Gasteiger partial charge in [0.1, 0.15) is 6.10 Å². The Morgan fingerprint density at radius 1 is 1.21 bits per heavy atom. The third kappa shape index (κ3) is 2.55. The van der Waals surface area contributed by atoms with Crippen LogP contribution >= 0.6 is 0 Å². The van der Waals surface area contributed by atoms with E-state index >= 15 is 0 Å². The smallest absolute Gasteiger partial charge is 0.428 e. The van der Waals surface area contributed by atoms with E-state index in [-0.39, 0.29) is 17.3 Å². The van der Waals surface area contributed by atoms with Gasteiger partial charge in [0.2, 0.25) is 0 Å². The van der Waals surface area contributed by atoms with Crippen LogP contribution in [-0.4, -0.2) is 41.0 Å². The first-order chi connectivity index (χ1) is 10.8. The first kappa shape index (κ1) is 18.0. The molecular weight excluding hydrogens is 346 g/mol. The van der Waals surface area contributed by atoms with Gasteiger partial charge in [-0.15, -0.1) is 0 Å². The quantitative estimate of drug-likeness (QED) is 0.598. The van der Waals surface area contributed by atoms with Gasteiger partial charge in [-0.2, -0.15) is 8.78 Å². The number of rotatable bonds is 4. The van der Waals surface area contributed by atoms with E-state index in [2.05, 4.69) is 0 Å². The Morgan fingerprint density at radius 3 is 2.12 bits per heavy atom. The Kier molecular flexibility index (Phi) is 3.83. The molecule has 0 aliphatic heterocycles. The van der Waals surface area contributed by atoms with Gasteiger partial charge in [-0.1, -0.05) is 0 Å². The summed E-state index contributed by atoms with van der Waals surface area (Å²) in [6.07, 6.45) is 2.50. The van der Waals surface area contributed by atoms with Gasteiger partial charge in [0.05, 0.1) is 5.60 Å². The maximum atomic E-state index is 13.4. The summed E-state index contributed by atoms with van der Waals surface area (Å²) in [5.41, 5.74) is -1.26. The Labute approximate surface area is 139 Å². The fraction of sp³-hybridized carbons (Fsp3) is 0.933. The summed E-state index contributed by atoms with van der Waals surface area (Å²) in [6.45, 7) is 3.47. The molecule has 0 aromatic rings. The average molecular weight is 367 g/mol. The minimum Gasteiger partial charge on any atom is -0.743 e. The van der Waals surface area contributed by atoms with Crippen LogP contribution in [0, 0.1) is 23.2 Å². The molecule has 0 saturated heterocycles. The normalized spacial score (nSPS) is 39.1. The lowest BCUT2D eigenvalue weighted by atomic mass is 9.45. The molecule has 9 heteroatoms. The lowest BCUT2D eigenvalue weighted by molar-refractivity contribution is -0.219. The molecule has 6 nitrogen and oxygen atoms in total. The zero-order chi connectivity index (χ0) is 18.1. The summed E-state index contributed by atoms with van der Waals surface area (Å²) < 4.78 is 63.4. The lowest BCUT2D eigenvalue weighted by Gasteiger charge is -2.62. The van der Waals surface area contributed by atoms with Crippen molar-refractivity contribution in [1.29, 1.82) is 0 Å². The molecule has 0 spiro atoms. The highest BCUT2D eigenvalue weighted by Gasteiger charge is 2.62. The van der Waals surface area contributed by atoms with Crippen LogP contribution in [0.5, 0.6) is 0 Å². The SMILES string of the molecule is CC(C)(O)C12CC3CC(C1)C(OC(=O)C(F)(F)S(=O)(=O)[O-])C(C3)C2. The number of ether oxygens (including phenoxy) is 1. The molecule has 138 valence electrons. The standard InChI is InChI=1S/C15H22F2O6S/c1-13(2,19)14-5-8-3-9(6-14)11(10(4-8)7-14)23-12(18)15(16,17)24(20,21)22/h8-11,19H,3-7H2,1-2H3,(H,20,21,22)/p-1. The summed E-state index contributed by atoms with van der Waals surface area (Å²) in [4.78, 5) is 11.6. The van der Waals surface area contributed by atoms with Crippen molar-refractivity contribution in [2.45, 2.75) is 62.9 Å². The summed E-state index contributed by atoms with van der Waals surface area (Å²) >= 11 is 0. The van der Waals surface area contributed by atoms with Gasteiger partial charge in [0.25, 0.3) is 0 Å². The molecule has 0 aromatic carbocycles. The number of esters is 1. The van der Waals surface area contributed by atoms with Crippen LogP contribution in [0.25, 0.3) is 0 Å². The molecule has 2 atom stereocenters. The number of halogens is 2. The number of carbonyl (C=O) groups excluding carboxylic acids is 1. The predicted molar refractivity (Wildman–Crippen MR) is 76.8 cm³/mol. The number of hydrogen-bond donors (Lipinski definition) is 1. The third-order valence-corrected chi connectivity index (χ3v) is 7.07. The number of carbonyl (C=O) groups is 1. The largest absolute Gasteiger partial charge is 0.743 e. The van der Waals surface area contributed by atoms with Crippen LogP contribution in [0.1, 0.15) is 46.0 Å². The maximum absolute atomic E-state index is 13.4. The van der Waals surface area contributed by atoms with Gasteiger partial charge in [0, 0.05) is 0 Å². The topological polar surface area (TPSA) is 104 Å². The summed E-state index contributed by atoms with van der Waals surface area (Å²) in [6, 6.07) is 0. The first-order valence-corrected chi connectivity index (χ1v) is 9.44. The fourth-order valence-electron chi connectivity index (χ4n) is 5.21. The van der Waals surface area contributed by atoms with E-state index in [0.29, 0.717) is 31.6 Å². The highest BCUT2D eigenvalue weighted by atomic mass is 32.2. The van der Waals surface area contributed by atoms with Crippen molar-refractivity contribution in [3.05, 3.63) is 0 Å². The molecule has 24 heavy (non-hydrogen) atoms. The van der Waals surface area contributed by atoms with Crippen molar-refractivity contribution < 1.29 is 36.4 Å². The van der Waals surface area contributed by atoms with Gasteiger partial charge in [-0.25, -0.2) is 13.2 Å². The number of hydrogen-bond acceptors (Lipinski definition) is 6. The van der Waals surface area contributed by atoms with Crippen LogP contribution < -0.4 is 0 Å². The van der Waals surface area contributed by atoms with Crippen LogP contribution in [0.2, 0.25) is 0 Å². The second-order valence-corrected chi connectivity index (χ2v) is 9.57. The molecular formula is C15H21F2O6S-. The van der Waals surface area contributed by atoms with Crippen LogP contribution in [0.15, 0.2) is 0 Å². The molecule has 0 aromatic heterocycles. The lowest BCUT2D eigenvalue weighted by Crippen LogP contribution is -2.61. The molecule has 1 N–H and O–H groups in total. The average Bonchev–Trinajstić information content (AvgIpc) is 2.39. The van der Waals surface area contributed by atoms with E-state index in [0.717, 1.165) is 6.42 Å². The van der Waals surface area contributed by atoms with Gasteiger partial charge in [-0.05, 0) is 69.1 Å². The highest BCUT2D eigenvalue weighted by Crippen LogP contribution is 2.64. The predicted octanol–water partition coefficient (Wildman–Crippen LogP) is 1.63. The van der Waals surface area contributed by atoms with Gasteiger partial charge < -0.3 is 14.4 Å². The van der Waals surface area contributed by atoms with E-state index in [1.807, 2.05) is 0 Å². The van der Waals surface area contributed by atoms with Crippen molar-refractivity contribution >= 4 is 16.1 Å². The molecule has 4 saturated carbocycles.